The number of nitrogens with zero attached hydrogens (tertiary/aromatic N) is 3. The van der Waals surface area contributed by atoms with Gasteiger partial charge in [-0.15, -0.1) is 0 Å². The van der Waals surface area contributed by atoms with E-state index in [1.54, 1.807) is 14.7 Å². The molecule has 0 aliphatic carbocycles. The molecule has 4 rings (SSSR count). The van der Waals surface area contributed by atoms with Gasteiger partial charge in [0.15, 0.2) is 11.5 Å². The second-order valence-corrected chi connectivity index (χ2v) is 7.42. The number of rotatable bonds is 7. The molecule has 30 heavy (non-hydrogen) atoms. The fraction of sp³-hybridized carbons (Fsp3) is 0.391. The van der Waals surface area contributed by atoms with Crippen molar-refractivity contribution in [2.45, 2.75) is 19.8 Å². The minimum atomic E-state index is -0.163. The van der Waals surface area contributed by atoms with E-state index in [0.29, 0.717) is 44.3 Å². The van der Waals surface area contributed by atoms with E-state index in [9.17, 15) is 9.59 Å². The van der Waals surface area contributed by atoms with Crippen LogP contribution in [0.25, 0.3) is 0 Å². The third-order valence-electron chi connectivity index (χ3n) is 5.36. The Morgan fingerprint density at radius 1 is 1.03 bits per heavy atom. The van der Waals surface area contributed by atoms with Crippen LogP contribution in [-0.2, 0) is 4.79 Å². The number of ether oxygens (including phenoxy) is 2. The summed E-state index contributed by atoms with van der Waals surface area (Å²) in [5.74, 6) is 1.28. The first-order chi connectivity index (χ1) is 14.7. The van der Waals surface area contributed by atoms with E-state index < -0.39 is 0 Å². The lowest BCUT2D eigenvalue weighted by molar-refractivity contribution is -0.119. The molecule has 1 fully saturated rings. The summed E-state index contributed by atoms with van der Waals surface area (Å²) in [5.41, 5.74) is 1.62. The third-order valence-corrected chi connectivity index (χ3v) is 5.36. The van der Waals surface area contributed by atoms with Crippen molar-refractivity contribution in [3.63, 3.8) is 0 Å². The Hall–Kier alpha value is -3.22. The van der Waals surface area contributed by atoms with Gasteiger partial charge >= 0.3 is 6.03 Å². The lowest BCUT2D eigenvalue weighted by Gasteiger charge is -2.26. The minimum absolute atomic E-state index is 0.0629. The number of hydrogen-bond donors (Lipinski definition) is 0. The van der Waals surface area contributed by atoms with Crippen molar-refractivity contribution < 1.29 is 19.1 Å². The Morgan fingerprint density at radius 2 is 1.80 bits per heavy atom. The van der Waals surface area contributed by atoms with E-state index in [1.807, 2.05) is 48.5 Å². The Morgan fingerprint density at radius 3 is 2.57 bits per heavy atom. The molecule has 0 aromatic heterocycles. The van der Waals surface area contributed by atoms with E-state index in [2.05, 4.69) is 6.92 Å². The first-order valence-electron chi connectivity index (χ1n) is 10.5. The number of urea groups is 1. The van der Waals surface area contributed by atoms with Crippen LogP contribution in [0.1, 0.15) is 19.8 Å². The predicted molar refractivity (Wildman–Crippen MR) is 115 cm³/mol. The summed E-state index contributed by atoms with van der Waals surface area (Å²) in [5, 5.41) is 0. The van der Waals surface area contributed by atoms with Gasteiger partial charge in [-0.05, 0) is 30.7 Å². The van der Waals surface area contributed by atoms with Gasteiger partial charge in [-0.1, -0.05) is 31.5 Å². The lowest BCUT2D eigenvalue weighted by Crippen LogP contribution is -2.42. The molecular formula is C23H27N3O4. The van der Waals surface area contributed by atoms with Gasteiger partial charge in [0.25, 0.3) is 0 Å². The van der Waals surface area contributed by atoms with Gasteiger partial charge < -0.3 is 19.3 Å². The van der Waals surface area contributed by atoms with Crippen LogP contribution in [0.4, 0.5) is 16.2 Å². The zero-order valence-electron chi connectivity index (χ0n) is 17.3. The van der Waals surface area contributed by atoms with Crippen molar-refractivity contribution in [1.29, 1.82) is 0 Å². The highest BCUT2D eigenvalue weighted by molar-refractivity contribution is 6.00. The summed E-state index contributed by atoms with van der Waals surface area (Å²) >= 11 is 0. The summed E-state index contributed by atoms with van der Waals surface area (Å²) in [4.78, 5) is 31.1. The van der Waals surface area contributed by atoms with Gasteiger partial charge in [0.05, 0.1) is 0 Å². The summed E-state index contributed by atoms with van der Waals surface area (Å²) < 4.78 is 11.2. The molecular weight excluding hydrogens is 382 g/mol. The first-order valence-corrected chi connectivity index (χ1v) is 10.5. The second kappa shape index (κ2) is 9.07. The maximum atomic E-state index is 13.1. The number of anilines is 2. The van der Waals surface area contributed by atoms with Crippen LogP contribution < -0.4 is 19.3 Å². The molecule has 7 nitrogen and oxygen atoms in total. The van der Waals surface area contributed by atoms with Gasteiger partial charge in [-0.3, -0.25) is 9.69 Å². The molecule has 1 saturated heterocycles. The predicted octanol–water partition coefficient (Wildman–Crippen LogP) is 3.53. The van der Waals surface area contributed by atoms with Crippen molar-refractivity contribution in [2.75, 3.05) is 49.2 Å². The summed E-state index contributed by atoms with van der Waals surface area (Å²) in [7, 11) is 0. The number of carbonyl (C=O) groups excluding carboxylic acids is 2. The molecule has 0 unspecified atom stereocenters. The number of para-hydroxylation sites is 1. The van der Waals surface area contributed by atoms with Crippen LogP contribution in [0.3, 0.4) is 0 Å². The number of fused-ring (bicyclic) bond motifs is 1. The van der Waals surface area contributed by atoms with Crippen molar-refractivity contribution >= 4 is 23.3 Å². The molecule has 0 atom stereocenters. The first kappa shape index (κ1) is 20.1. The van der Waals surface area contributed by atoms with Gasteiger partial charge in [0.1, 0.15) is 19.8 Å². The lowest BCUT2D eigenvalue weighted by atomic mass is 10.2. The molecule has 2 aliphatic rings. The molecule has 0 radical (unpaired) electrons. The summed E-state index contributed by atoms with van der Waals surface area (Å²) in [6, 6.07) is 15.0. The fourth-order valence-corrected chi connectivity index (χ4v) is 3.74. The van der Waals surface area contributed by atoms with Crippen molar-refractivity contribution in [1.82, 2.24) is 4.90 Å². The number of unbranched alkanes of at least 4 members (excludes halogenated alkanes) is 1. The van der Waals surface area contributed by atoms with E-state index >= 15 is 0 Å². The maximum Gasteiger partial charge on any atom is 0.325 e. The third kappa shape index (κ3) is 4.20. The highest BCUT2D eigenvalue weighted by Gasteiger charge is 2.32. The Labute approximate surface area is 176 Å². The van der Waals surface area contributed by atoms with E-state index in [1.165, 1.54) is 0 Å². The molecule has 2 aliphatic heterocycles. The van der Waals surface area contributed by atoms with Gasteiger partial charge in [-0.2, -0.15) is 0 Å². The molecule has 0 N–H and O–H groups in total. The van der Waals surface area contributed by atoms with Crippen molar-refractivity contribution in [3.8, 4) is 11.5 Å². The van der Waals surface area contributed by atoms with Crippen LogP contribution in [0.15, 0.2) is 48.5 Å². The normalized spacial score (nSPS) is 15.4. The van der Waals surface area contributed by atoms with Crippen LogP contribution in [0.2, 0.25) is 0 Å². The maximum absolute atomic E-state index is 13.1. The number of benzene rings is 2. The molecule has 3 amide bonds. The zero-order valence-corrected chi connectivity index (χ0v) is 17.3. The van der Waals surface area contributed by atoms with E-state index in [0.717, 1.165) is 24.2 Å². The Balaban J connectivity index is 1.45. The summed E-state index contributed by atoms with van der Waals surface area (Å²) in [6.07, 6.45) is 1.91. The fourth-order valence-electron chi connectivity index (χ4n) is 3.74. The SMILES string of the molecule is CCCCN(C(=O)CN1CCN(c2ccc3c(c2)OCCO3)C1=O)c1ccccc1. The minimum Gasteiger partial charge on any atom is -0.486 e. The molecule has 0 spiro atoms. The molecule has 7 heteroatoms. The average Bonchev–Trinajstić information content (AvgIpc) is 3.14. The van der Waals surface area contributed by atoms with Crippen molar-refractivity contribution in [2.24, 2.45) is 0 Å². The van der Waals surface area contributed by atoms with E-state index in [-0.39, 0.29) is 18.5 Å². The number of hydrogen-bond acceptors (Lipinski definition) is 4. The highest BCUT2D eigenvalue weighted by atomic mass is 16.6. The molecule has 0 saturated carbocycles. The van der Waals surface area contributed by atoms with E-state index in [4.69, 9.17) is 9.47 Å². The van der Waals surface area contributed by atoms with Crippen LogP contribution in [0, 0.1) is 0 Å². The summed E-state index contributed by atoms with van der Waals surface area (Å²) in [6.45, 7) is 4.88. The molecule has 158 valence electrons. The Bertz CT molecular complexity index is 903. The largest absolute Gasteiger partial charge is 0.486 e. The number of amides is 3. The van der Waals surface area contributed by atoms with Crippen molar-refractivity contribution in [3.05, 3.63) is 48.5 Å². The standard InChI is InChI=1S/C23H27N3O4/c1-2-3-11-25(18-7-5-4-6-8-18)22(27)17-24-12-13-26(23(24)28)19-9-10-20-21(16-19)30-15-14-29-20/h4-10,16H,2-3,11-15,17H2,1H3. The van der Waals surface area contributed by atoms with Crippen LogP contribution >= 0.6 is 0 Å². The molecule has 2 aromatic rings. The molecule has 0 bridgehead atoms. The van der Waals surface area contributed by atoms with Gasteiger partial charge in [0, 0.05) is 37.1 Å². The molecule has 2 heterocycles. The van der Waals surface area contributed by atoms with Gasteiger partial charge in [0.2, 0.25) is 5.91 Å². The zero-order chi connectivity index (χ0) is 20.9. The quantitative estimate of drug-likeness (QED) is 0.702. The Kier molecular flexibility index (Phi) is 6.07. The smallest absolute Gasteiger partial charge is 0.325 e. The average molecular weight is 409 g/mol. The topological polar surface area (TPSA) is 62.3 Å². The van der Waals surface area contributed by atoms with Crippen LogP contribution in [-0.4, -0.2) is 56.2 Å². The monoisotopic (exact) mass is 409 g/mol. The van der Waals surface area contributed by atoms with Crippen LogP contribution in [0.5, 0.6) is 11.5 Å². The number of carbonyl (C=O) groups is 2. The molecule has 2 aromatic carbocycles. The van der Waals surface area contributed by atoms with Gasteiger partial charge in [-0.25, -0.2) is 4.79 Å². The second-order valence-electron chi connectivity index (χ2n) is 7.42. The highest BCUT2D eigenvalue weighted by Crippen LogP contribution is 2.35.